The number of likely N-dealkylation sites (tertiary alicyclic amines) is 1. The number of hydrogen-bond donors (Lipinski definition) is 3. The van der Waals surface area contributed by atoms with Crippen LogP contribution in [-0.4, -0.2) is 59.4 Å². The van der Waals surface area contributed by atoms with Gasteiger partial charge in [0.2, 0.25) is 11.9 Å². The highest BCUT2D eigenvalue weighted by Crippen LogP contribution is 2.44. The molecule has 210 valence electrons. The van der Waals surface area contributed by atoms with Crippen molar-refractivity contribution in [3.63, 3.8) is 0 Å². The standard InChI is InChI=1S/C31H38ClN7O/c1-20-31(2,3)28-23(7-6-8-26(28)35-20)17-33-29-25(32)18-34-30(37-29)36-24-11-9-21(10-12-24)22-13-15-39(16-14-22)27(40)19-38(4)5/h6-12,18,22,35H,1,13-17,19H2,2-5H3,(H2,33,34,36,37). The summed E-state index contributed by atoms with van der Waals surface area (Å²) in [5, 5.41) is 10.6. The molecule has 0 aliphatic carbocycles. The van der Waals surface area contributed by atoms with Gasteiger partial charge in [-0.05, 0) is 67.7 Å². The molecule has 1 saturated heterocycles. The Morgan fingerprint density at radius 3 is 2.60 bits per heavy atom. The van der Waals surface area contributed by atoms with Crippen LogP contribution in [0, 0.1) is 0 Å². The van der Waals surface area contributed by atoms with Gasteiger partial charge in [-0.25, -0.2) is 4.98 Å². The number of nitrogens with one attached hydrogen (secondary N) is 3. The normalized spacial score (nSPS) is 16.6. The van der Waals surface area contributed by atoms with Crippen molar-refractivity contribution < 1.29 is 4.79 Å². The van der Waals surface area contributed by atoms with Gasteiger partial charge in [0, 0.05) is 42.1 Å². The molecule has 3 N–H and O–H groups in total. The van der Waals surface area contributed by atoms with Crippen LogP contribution in [0.25, 0.3) is 0 Å². The summed E-state index contributed by atoms with van der Waals surface area (Å²) in [5.41, 5.74) is 6.53. The van der Waals surface area contributed by atoms with Crippen molar-refractivity contribution in [3.05, 3.63) is 82.7 Å². The lowest BCUT2D eigenvalue weighted by Crippen LogP contribution is -2.42. The molecule has 8 nitrogen and oxygen atoms in total. The van der Waals surface area contributed by atoms with Crippen LogP contribution in [0.3, 0.4) is 0 Å². The number of nitrogens with zero attached hydrogens (tertiary/aromatic N) is 4. The number of benzene rings is 2. The van der Waals surface area contributed by atoms with E-state index in [-0.39, 0.29) is 11.3 Å². The van der Waals surface area contributed by atoms with E-state index in [9.17, 15) is 4.79 Å². The molecule has 1 fully saturated rings. The summed E-state index contributed by atoms with van der Waals surface area (Å²) >= 11 is 6.45. The highest BCUT2D eigenvalue weighted by molar-refractivity contribution is 6.32. The first-order chi connectivity index (χ1) is 19.1. The van der Waals surface area contributed by atoms with E-state index in [4.69, 9.17) is 11.6 Å². The third-order valence-electron chi connectivity index (χ3n) is 7.94. The summed E-state index contributed by atoms with van der Waals surface area (Å²) in [4.78, 5) is 25.3. The highest BCUT2D eigenvalue weighted by atomic mass is 35.5. The molecule has 3 heterocycles. The molecule has 40 heavy (non-hydrogen) atoms. The Hall–Kier alpha value is -3.62. The third-order valence-corrected chi connectivity index (χ3v) is 8.22. The van der Waals surface area contributed by atoms with Crippen molar-refractivity contribution in [2.45, 2.75) is 44.6 Å². The van der Waals surface area contributed by atoms with E-state index < -0.39 is 0 Å². The first-order valence-electron chi connectivity index (χ1n) is 13.8. The molecule has 2 aliphatic rings. The van der Waals surface area contributed by atoms with Gasteiger partial charge in [0.15, 0.2) is 5.82 Å². The van der Waals surface area contributed by atoms with Gasteiger partial charge in [-0.2, -0.15) is 4.98 Å². The predicted octanol–water partition coefficient (Wildman–Crippen LogP) is 5.97. The first kappa shape index (κ1) is 27.9. The van der Waals surface area contributed by atoms with Crippen molar-refractivity contribution >= 4 is 40.6 Å². The topological polar surface area (TPSA) is 85.4 Å². The Kier molecular flexibility index (Phi) is 8.01. The lowest BCUT2D eigenvalue weighted by atomic mass is 9.81. The maximum absolute atomic E-state index is 12.4. The van der Waals surface area contributed by atoms with Crippen molar-refractivity contribution in [1.29, 1.82) is 0 Å². The van der Waals surface area contributed by atoms with E-state index in [0.717, 1.165) is 43.0 Å². The maximum atomic E-state index is 12.4. The van der Waals surface area contributed by atoms with Crippen molar-refractivity contribution in [2.75, 3.05) is 49.7 Å². The molecule has 0 atom stereocenters. The second-order valence-corrected chi connectivity index (χ2v) is 11.9. The Labute approximate surface area is 241 Å². The molecule has 0 spiro atoms. The molecule has 2 aliphatic heterocycles. The number of halogens is 1. The van der Waals surface area contributed by atoms with Crippen LogP contribution in [-0.2, 0) is 16.8 Å². The number of fused-ring (bicyclic) bond motifs is 1. The summed E-state index contributed by atoms with van der Waals surface area (Å²) in [6.45, 7) is 11.2. The molecule has 3 aromatic rings. The molecule has 1 aromatic heterocycles. The summed E-state index contributed by atoms with van der Waals surface area (Å²) in [6, 6.07) is 14.7. The van der Waals surface area contributed by atoms with E-state index in [0.29, 0.717) is 35.8 Å². The number of aromatic nitrogens is 2. The van der Waals surface area contributed by atoms with Gasteiger partial charge in [-0.15, -0.1) is 0 Å². The van der Waals surface area contributed by atoms with Crippen LogP contribution in [0.1, 0.15) is 49.3 Å². The average Bonchev–Trinajstić information content (AvgIpc) is 3.17. The summed E-state index contributed by atoms with van der Waals surface area (Å²) in [5.74, 6) is 1.71. The minimum absolute atomic E-state index is 0.164. The van der Waals surface area contributed by atoms with Crippen LogP contribution in [0.5, 0.6) is 0 Å². The molecular formula is C31H38ClN7O. The SMILES string of the molecule is C=C1Nc2cccc(CNc3nc(Nc4ccc(C5CCN(C(=O)CN(C)C)CC5)cc4)ncc3Cl)c2C1(C)C. The van der Waals surface area contributed by atoms with E-state index in [1.807, 2.05) is 30.0 Å². The minimum atomic E-state index is -0.164. The maximum Gasteiger partial charge on any atom is 0.236 e. The number of hydrogen-bond acceptors (Lipinski definition) is 7. The number of likely N-dealkylation sites (N-methyl/N-ethyl adjacent to an activating group) is 1. The predicted molar refractivity (Wildman–Crippen MR) is 163 cm³/mol. The lowest BCUT2D eigenvalue weighted by Gasteiger charge is -2.33. The zero-order valence-electron chi connectivity index (χ0n) is 23.7. The van der Waals surface area contributed by atoms with Gasteiger partial charge in [-0.3, -0.25) is 4.79 Å². The van der Waals surface area contributed by atoms with Crippen LogP contribution in [0.15, 0.2) is 60.9 Å². The average molecular weight is 560 g/mol. The van der Waals surface area contributed by atoms with E-state index >= 15 is 0 Å². The fourth-order valence-electron chi connectivity index (χ4n) is 5.59. The number of carbonyl (C=O) groups is 1. The van der Waals surface area contributed by atoms with E-state index in [1.165, 1.54) is 16.7 Å². The highest BCUT2D eigenvalue weighted by Gasteiger charge is 2.35. The van der Waals surface area contributed by atoms with Gasteiger partial charge in [0.05, 0.1) is 12.7 Å². The van der Waals surface area contributed by atoms with Crippen molar-refractivity contribution in [3.8, 4) is 0 Å². The largest absolute Gasteiger partial charge is 0.365 e. The van der Waals surface area contributed by atoms with Gasteiger partial charge in [-0.1, -0.05) is 56.3 Å². The van der Waals surface area contributed by atoms with Gasteiger partial charge in [0.1, 0.15) is 5.02 Å². The quantitative estimate of drug-likeness (QED) is 0.313. The summed E-state index contributed by atoms with van der Waals surface area (Å²) < 4.78 is 0. The molecule has 0 unspecified atom stereocenters. The van der Waals surface area contributed by atoms with Crippen LogP contribution >= 0.6 is 11.6 Å². The summed E-state index contributed by atoms with van der Waals surface area (Å²) in [7, 11) is 3.86. The van der Waals surface area contributed by atoms with E-state index in [2.05, 4.69) is 82.7 Å². The number of allylic oxidation sites excluding steroid dienone is 1. The fourth-order valence-corrected chi connectivity index (χ4v) is 5.75. The van der Waals surface area contributed by atoms with Crippen LogP contribution < -0.4 is 16.0 Å². The Bertz CT molecular complexity index is 1400. The second kappa shape index (κ2) is 11.5. The molecular weight excluding hydrogens is 522 g/mol. The molecule has 0 radical (unpaired) electrons. The number of amides is 1. The van der Waals surface area contributed by atoms with Gasteiger partial charge >= 0.3 is 0 Å². The Morgan fingerprint density at radius 2 is 1.90 bits per heavy atom. The van der Waals surface area contributed by atoms with Crippen molar-refractivity contribution in [1.82, 2.24) is 19.8 Å². The fraction of sp³-hybridized carbons (Fsp3) is 0.387. The number of rotatable bonds is 8. The smallest absolute Gasteiger partial charge is 0.236 e. The lowest BCUT2D eigenvalue weighted by molar-refractivity contribution is -0.132. The summed E-state index contributed by atoms with van der Waals surface area (Å²) in [6.07, 6.45) is 3.57. The minimum Gasteiger partial charge on any atom is -0.365 e. The van der Waals surface area contributed by atoms with Crippen LogP contribution in [0.4, 0.5) is 23.1 Å². The molecule has 1 amide bonds. The molecule has 0 bridgehead atoms. The van der Waals surface area contributed by atoms with E-state index in [1.54, 1.807) is 6.20 Å². The molecule has 9 heteroatoms. The monoisotopic (exact) mass is 559 g/mol. The molecule has 5 rings (SSSR count). The zero-order valence-corrected chi connectivity index (χ0v) is 24.5. The zero-order chi connectivity index (χ0) is 28.4. The Morgan fingerprint density at radius 1 is 1.18 bits per heavy atom. The van der Waals surface area contributed by atoms with Crippen LogP contribution in [0.2, 0.25) is 5.02 Å². The first-order valence-corrected chi connectivity index (χ1v) is 14.1. The molecule has 0 saturated carbocycles. The third kappa shape index (κ3) is 5.93. The second-order valence-electron chi connectivity index (χ2n) is 11.5. The van der Waals surface area contributed by atoms with Gasteiger partial charge in [0.25, 0.3) is 0 Å². The number of carbonyl (C=O) groups excluding carboxylic acids is 1. The van der Waals surface area contributed by atoms with Gasteiger partial charge < -0.3 is 25.8 Å². The Balaban J connectivity index is 1.20. The molecule has 2 aromatic carbocycles. The number of anilines is 4. The van der Waals surface area contributed by atoms with Crippen molar-refractivity contribution in [2.24, 2.45) is 0 Å². The number of piperidine rings is 1.